The second kappa shape index (κ2) is 4.34. The molecule has 18 heavy (non-hydrogen) atoms. The number of aryl methyl sites for hydroxylation is 2. The van der Waals surface area contributed by atoms with Gasteiger partial charge in [-0.25, -0.2) is 8.42 Å². The maximum Gasteiger partial charge on any atom is 0.262 e. The highest BCUT2D eigenvalue weighted by Crippen LogP contribution is 2.21. The molecule has 0 amide bonds. The van der Waals surface area contributed by atoms with Crippen molar-refractivity contribution in [3.05, 3.63) is 35.7 Å². The number of benzene rings is 1. The van der Waals surface area contributed by atoms with Gasteiger partial charge in [0.05, 0.1) is 22.0 Å². The standard InChI is InChI=1S/C11H14N4O2S/c1-7-11(8(2)14-13-7)15-18(16,17)10-5-3-9(12)4-6-10/h3-6,15H,12H2,1-2H3,(H,13,14). The largest absolute Gasteiger partial charge is 0.399 e. The van der Waals surface area contributed by atoms with Crippen LogP contribution in [0.2, 0.25) is 0 Å². The third kappa shape index (κ3) is 2.30. The van der Waals surface area contributed by atoms with E-state index in [1.54, 1.807) is 26.0 Å². The van der Waals surface area contributed by atoms with E-state index in [1.807, 2.05) is 0 Å². The molecular weight excluding hydrogens is 252 g/mol. The third-order valence-electron chi connectivity index (χ3n) is 2.55. The molecule has 0 bridgehead atoms. The van der Waals surface area contributed by atoms with Crippen LogP contribution in [0.3, 0.4) is 0 Å². The van der Waals surface area contributed by atoms with Crippen LogP contribution in [0.15, 0.2) is 29.2 Å². The van der Waals surface area contributed by atoms with Gasteiger partial charge in [0, 0.05) is 5.69 Å². The summed E-state index contributed by atoms with van der Waals surface area (Å²) in [6.07, 6.45) is 0. The average Bonchev–Trinajstić information content (AvgIpc) is 2.61. The van der Waals surface area contributed by atoms with E-state index in [-0.39, 0.29) is 4.90 Å². The van der Waals surface area contributed by atoms with E-state index < -0.39 is 10.0 Å². The van der Waals surface area contributed by atoms with Gasteiger partial charge in [-0.15, -0.1) is 0 Å². The Morgan fingerprint density at radius 3 is 2.33 bits per heavy atom. The van der Waals surface area contributed by atoms with E-state index in [9.17, 15) is 8.42 Å². The molecule has 1 heterocycles. The zero-order chi connectivity index (χ0) is 13.3. The van der Waals surface area contributed by atoms with E-state index in [0.29, 0.717) is 22.8 Å². The molecule has 96 valence electrons. The monoisotopic (exact) mass is 266 g/mol. The van der Waals surface area contributed by atoms with E-state index in [4.69, 9.17) is 5.73 Å². The Balaban J connectivity index is 2.36. The molecule has 1 aromatic heterocycles. The van der Waals surface area contributed by atoms with Crippen LogP contribution in [0.5, 0.6) is 0 Å². The number of rotatable bonds is 3. The highest BCUT2D eigenvalue weighted by Gasteiger charge is 2.17. The third-order valence-corrected chi connectivity index (χ3v) is 3.92. The van der Waals surface area contributed by atoms with E-state index in [1.165, 1.54) is 12.1 Å². The summed E-state index contributed by atoms with van der Waals surface area (Å²) in [7, 11) is -3.61. The zero-order valence-corrected chi connectivity index (χ0v) is 10.9. The summed E-state index contributed by atoms with van der Waals surface area (Å²) >= 11 is 0. The number of hydrogen-bond donors (Lipinski definition) is 3. The number of sulfonamides is 1. The molecule has 0 unspecified atom stereocenters. The topological polar surface area (TPSA) is 101 Å². The van der Waals surface area contributed by atoms with Gasteiger partial charge in [0.1, 0.15) is 0 Å². The van der Waals surface area contributed by atoms with Crippen LogP contribution in [0.25, 0.3) is 0 Å². The fourth-order valence-electron chi connectivity index (χ4n) is 1.54. The van der Waals surface area contributed by atoms with Crippen molar-refractivity contribution in [2.75, 3.05) is 10.5 Å². The number of nitrogen functional groups attached to an aromatic ring is 1. The first-order valence-electron chi connectivity index (χ1n) is 5.30. The van der Waals surface area contributed by atoms with Crippen molar-refractivity contribution in [1.29, 1.82) is 0 Å². The number of H-pyrrole nitrogens is 1. The minimum Gasteiger partial charge on any atom is -0.399 e. The Bertz CT molecular complexity index is 639. The van der Waals surface area contributed by atoms with Gasteiger partial charge in [-0.2, -0.15) is 5.10 Å². The second-order valence-electron chi connectivity index (χ2n) is 3.98. The molecule has 0 aliphatic rings. The van der Waals surface area contributed by atoms with Gasteiger partial charge in [0.15, 0.2) is 0 Å². The molecule has 4 N–H and O–H groups in total. The Hall–Kier alpha value is -2.02. The summed E-state index contributed by atoms with van der Waals surface area (Å²) in [5, 5.41) is 6.66. The number of nitrogens with one attached hydrogen (secondary N) is 2. The molecule has 0 aliphatic carbocycles. The summed E-state index contributed by atoms with van der Waals surface area (Å²) < 4.78 is 26.8. The van der Waals surface area contributed by atoms with Crippen LogP contribution in [-0.4, -0.2) is 18.6 Å². The Morgan fingerprint density at radius 1 is 1.22 bits per heavy atom. The van der Waals surface area contributed by atoms with Gasteiger partial charge < -0.3 is 5.73 Å². The van der Waals surface area contributed by atoms with Crippen molar-refractivity contribution in [1.82, 2.24) is 10.2 Å². The SMILES string of the molecule is Cc1n[nH]c(C)c1NS(=O)(=O)c1ccc(N)cc1. The molecule has 0 aliphatic heterocycles. The van der Waals surface area contributed by atoms with Crippen molar-refractivity contribution in [2.24, 2.45) is 0 Å². The molecule has 0 radical (unpaired) electrons. The highest BCUT2D eigenvalue weighted by molar-refractivity contribution is 7.92. The lowest BCUT2D eigenvalue weighted by Gasteiger charge is -2.08. The molecule has 0 fully saturated rings. The number of aromatic amines is 1. The lowest BCUT2D eigenvalue weighted by molar-refractivity contribution is 0.601. The molecule has 1 aromatic carbocycles. The summed E-state index contributed by atoms with van der Waals surface area (Å²) in [6.45, 7) is 3.48. The molecule has 0 saturated heterocycles. The lowest BCUT2D eigenvalue weighted by Crippen LogP contribution is -2.13. The predicted molar refractivity (Wildman–Crippen MR) is 69.7 cm³/mol. The first kappa shape index (κ1) is 12.4. The van der Waals surface area contributed by atoms with Crippen LogP contribution >= 0.6 is 0 Å². The van der Waals surface area contributed by atoms with Crippen LogP contribution < -0.4 is 10.5 Å². The number of hydrogen-bond acceptors (Lipinski definition) is 4. The highest BCUT2D eigenvalue weighted by atomic mass is 32.2. The molecule has 2 aromatic rings. The van der Waals surface area contributed by atoms with Gasteiger partial charge in [0.25, 0.3) is 10.0 Å². The van der Waals surface area contributed by atoms with Crippen LogP contribution in [-0.2, 0) is 10.0 Å². The second-order valence-corrected chi connectivity index (χ2v) is 5.67. The smallest absolute Gasteiger partial charge is 0.262 e. The van der Waals surface area contributed by atoms with Crippen molar-refractivity contribution in [3.63, 3.8) is 0 Å². The van der Waals surface area contributed by atoms with Crippen molar-refractivity contribution in [2.45, 2.75) is 18.7 Å². The molecule has 7 heteroatoms. The van der Waals surface area contributed by atoms with Crippen molar-refractivity contribution >= 4 is 21.4 Å². The van der Waals surface area contributed by atoms with Gasteiger partial charge >= 0.3 is 0 Å². The maximum atomic E-state index is 12.1. The summed E-state index contributed by atoms with van der Waals surface area (Å²) in [5.41, 5.74) is 7.80. The zero-order valence-electron chi connectivity index (χ0n) is 10.1. The van der Waals surface area contributed by atoms with Crippen LogP contribution in [0.4, 0.5) is 11.4 Å². The Morgan fingerprint density at radius 2 is 1.83 bits per heavy atom. The van der Waals surface area contributed by atoms with Gasteiger partial charge in [0.2, 0.25) is 0 Å². The predicted octanol–water partition coefficient (Wildman–Crippen LogP) is 1.41. The summed E-state index contributed by atoms with van der Waals surface area (Å²) in [4.78, 5) is 0.164. The Labute approximate surface area is 105 Å². The average molecular weight is 266 g/mol. The maximum absolute atomic E-state index is 12.1. The quantitative estimate of drug-likeness (QED) is 0.731. The fourth-order valence-corrected chi connectivity index (χ4v) is 2.72. The minimum atomic E-state index is -3.61. The van der Waals surface area contributed by atoms with E-state index >= 15 is 0 Å². The molecule has 0 spiro atoms. The first-order valence-corrected chi connectivity index (χ1v) is 6.78. The minimum absolute atomic E-state index is 0.164. The van der Waals surface area contributed by atoms with Gasteiger partial charge in [-0.05, 0) is 38.1 Å². The van der Waals surface area contributed by atoms with Crippen LogP contribution in [0.1, 0.15) is 11.4 Å². The lowest BCUT2D eigenvalue weighted by atomic mass is 10.3. The first-order chi connectivity index (χ1) is 8.40. The molecule has 0 saturated carbocycles. The number of aromatic nitrogens is 2. The number of nitrogens with two attached hydrogens (primary N) is 1. The van der Waals surface area contributed by atoms with Crippen LogP contribution in [0, 0.1) is 13.8 Å². The number of anilines is 2. The molecular formula is C11H14N4O2S. The Kier molecular flexibility index (Phi) is 3.00. The van der Waals surface area contributed by atoms with Gasteiger partial charge in [-0.1, -0.05) is 0 Å². The van der Waals surface area contributed by atoms with Crippen molar-refractivity contribution < 1.29 is 8.42 Å². The molecule has 6 nitrogen and oxygen atoms in total. The van der Waals surface area contributed by atoms with E-state index in [0.717, 1.165) is 0 Å². The molecule has 0 atom stereocenters. The number of nitrogens with zero attached hydrogens (tertiary/aromatic N) is 1. The van der Waals surface area contributed by atoms with E-state index in [2.05, 4.69) is 14.9 Å². The fraction of sp³-hybridized carbons (Fsp3) is 0.182. The normalized spacial score (nSPS) is 11.4. The summed E-state index contributed by atoms with van der Waals surface area (Å²) in [5.74, 6) is 0. The van der Waals surface area contributed by atoms with Crippen molar-refractivity contribution in [3.8, 4) is 0 Å². The van der Waals surface area contributed by atoms with Gasteiger partial charge in [-0.3, -0.25) is 9.82 Å². The summed E-state index contributed by atoms with van der Waals surface area (Å²) in [6, 6.07) is 6.01. The molecule has 2 rings (SSSR count).